The third kappa shape index (κ3) is 4.89. The number of rotatable bonds is 6. The number of halogens is 1. The summed E-state index contributed by atoms with van der Waals surface area (Å²) < 4.78 is 38.1. The smallest absolute Gasteiger partial charge is 0.241 e. The Morgan fingerprint density at radius 1 is 1.14 bits per heavy atom. The summed E-state index contributed by atoms with van der Waals surface area (Å²) >= 11 is 1.12. The van der Waals surface area contributed by atoms with Crippen molar-refractivity contribution in [2.45, 2.75) is 15.6 Å². The normalized spacial score (nSPS) is 19.7. The van der Waals surface area contributed by atoms with Crippen LogP contribution in [0.1, 0.15) is 0 Å². The number of amides is 2. The van der Waals surface area contributed by atoms with E-state index >= 15 is 0 Å². The quantitative estimate of drug-likeness (QED) is 0.648. The molecule has 0 bridgehead atoms. The number of nitrogens with one attached hydrogen (secondary N) is 3. The van der Waals surface area contributed by atoms with Crippen molar-refractivity contribution in [1.29, 1.82) is 0 Å². The molecule has 0 aliphatic carbocycles. The summed E-state index contributed by atoms with van der Waals surface area (Å²) in [7, 11) is -3.80. The first-order valence-electron chi connectivity index (χ1n) is 8.36. The molecule has 3 rings (SSSR count). The lowest BCUT2D eigenvalue weighted by Gasteiger charge is -2.29. The molecular weight excluding hydrogens is 405 g/mol. The molecule has 7 nitrogen and oxygen atoms in total. The molecule has 2 amide bonds. The van der Waals surface area contributed by atoms with Gasteiger partial charge >= 0.3 is 0 Å². The molecule has 0 aromatic heterocycles. The fraction of sp³-hybridized carbons (Fsp3) is 0.222. The first kappa shape index (κ1) is 20.3. The second-order valence-corrected chi connectivity index (χ2v) is 9.23. The van der Waals surface area contributed by atoms with Gasteiger partial charge in [-0.15, -0.1) is 11.8 Å². The van der Waals surface area contributed by atoms with E-state index in [2.05, 4.69) is 16.0 Å². The Morgan fingerprint density at radius 3 is 2.46 bits per heavy atom. The largest absolute Gasteiger partial charge is 0.331 e. The van der Waals surface area contributed by atoms with Gasteiger partial charge in [0.05, 0.1) is 10.6 Å². The fourth-order valence-corrected chi connectivity index (χ4v) is 4.93. The van der Waals surface area contributed by atoms with Crippen molar-refractivity contribution in [2.75, 3.05) is 17.6 Å². The minimum atomic E-state index is -3.80. The van der Waals surface area contributed by atoms with Crippen molar-refractivity contribution in [3.05, 3.63) is 60.4 Å². The van der Waals surface area contributed by atoms with Crippen LogP contribution in [0.2, 0.25) is 0 Å². The molecule has 0 radical (unpaired) electrons. The Labute approximate surface area is 166 Å². The molecule has 1 heterocycles. The Morgan fingerprint density at radius 2 is 1.82 bits per heavy atom. The Balaban J connectivity index is 1.52. The van der Waals surface area contributed by atoms with Gasteiger partial charge in [-0.05, 0) is 36.4 Å². The minimum Gasteiger partial charge on any atom is -0.331 e. The summed E-state index contributed by atoms with van der Waals surface area (Å²) in [5.74, 6) is -1.32. The van der Waals surface area contributed by atoms with Gasteiger partial charge in [-0.25, -0.2) is 12.8 Å². The molecule has 1 fully saturated rings. The van der Waals surface area contributed by atoms with Crippen LogP contribution in [-0.4, -0.2) is 43.3 Å². The first-order valence-corrected chi connectivity index (χ1v) is 11.0. The number of carbonyl (C=O) groups is 2. The second-order valence-electron chi connectivity index (χ2n) is 6.01. The second kappa shape index (κ2) is 8.72. The predicted molar refractivity (Wildman–Crippen MR) is 105 cm³/mol. The number of hydrogen-bond acceptors (Lipinski definition) is 6. The van der Waals surface area contributed by atoms with Gasteiger partial charge in [-0.2, -0.15) is 0 Å². The van der Waals surface area contributed by atoms with E-state index in [0.29, 0.717) is 5.69 Å². The lowest BCUT2D eigenvalue weighted by Crippen LogP contribution is -2.59. The molecule has 2 aromatic rings. The van der Waals surface area contributed by atoms with Crippen LogP contribution in [0.15, 0.2) is 59.5 Å². The highest BCUT2D eigenvalue weighted by Gasteiger charge is 2.38. The van der Waals surface area contributed by atoms with E-state index in [9.17, 15) is 22.4 Å². The third-order valence-electron chi connectivity index (χ3n) is 4.01. The van der Waals surface area contributed by atoms with E-state index in [1.165, 1.54) is 36.4 Å². The van der Waals surface area contributed by atoms with Crippen LogP contribution in [0.3, 0.4) is 0 Å². The van der Waals surface area contributed by atoms with Gasteiger partial charge in [0.25, 0.3) is 0 Å². The maximum atomic E-state index is 12.9. The van der Waals surface area contributed by atoms with E-state index in [1.807, 2.05) is 0 Å². The van der Waals surface area contributed by atoms with Crippen molar-refractivity contribution < 1.29 is 22.4 Å². The number of sulfone groups is 1. The van der Waals surface area contributed by atoms with E-state index in [0.717, 1.165) is 11.8 Å². The van der Waals surface area contributed by atoms with Crippen molar-refractivity contribution in [2.24, 2.45) is 0 Å². The van der Waals surface area contributed by atoms with Gasteiger partial charge in [0, 0.05) is 12.2 Å². The van der Waals surface area contributed by atoms with E-state index < -0.39 is 32.3 Å². The van der Waals surface area contributed by atoms with Crippen LogP contribution in [0.25, 0.3) is 0 Å². The summed E-state index contributed by atoms with van der Waals surface area (Å²) in [4.78, 5) is 24.4. The minimum absolute atomic E-state index is 0.0193. The summed E-state index contributed by atoms with van der Waals surface area (Å²) in [6, 6.07) is 13.1. The van der Waals surface area contributed by atoms with Crippen LogP contribution >= 0.6 is 11.8 Å². The highest BCUT2D eigenvalue weighted by atomic mass is 32.2. The van der Waals surface area contributed by atoms with E-state index in [-0.39, 0.29) is 23.1 Å². The summed E-state index contributed by atoms with van der Waals surface area (Å²) in [6.07, 6.45) is 0. The van der Waals surface area contributed by atoms with Crippen molar-refractivity contribution in [3.8, 4) is 0 Å². The molecule has 0 saturated carbocycles. The van der Waals surface area contributed by atoms with Gasteiger partial charge in [-0.3, -0.25) is 14.9 Å². The topological polar surface area (TPSA) is 104 Å². The molecule has 0 spiro atoms. The average Bonchev–Trinajstić information content (AvgIpc) is 2.69. The zero-order valence-electron chi connectivity index (χ0n) is 14.6. The Kier molecular flexibility index (Phi) is 6.32. The first-order chi connectivity index (χ1) is 13.4. The van der Waals surface area contributed by atoms with E-state index in [4.69, 9.17) is 0 Å². The molecule has 2 aromatic carbocycles. The highest BCUT2D eigenvalue weighted by molar-refractivity contribution is 8.00. The van der Waals surface area contributed by atoms with Crippen molar-refractivity contribution >= 4 is 39.1 Å². The maximum Gasteiger partial charge on any atom is 0.241 e. The van der Waals surface area contributed by atoms with Gasteiger partial charge in [0.2, 0.25) is 11.8 Å². The number of carbonyl (C=O) groups excluding carboxylic acids is 2. The van der Waals surface area contributed by atoms with E-state index in [1.54, 1.807) is 18.2 Å². The molecule has 1 aliphatic rings. The van der Waals surface area contributed by atoms with Crippen LogP contribution < -0.4 is 16.0 Å². The number of hydrogen-bond donors (Lipinski definition) is 3. The van der Waals surface area contributed by atoms with Gasteiger partial charge in [0.15, 0.2) is 15.1 Å². The molecule has 3 N–H and O–H groups in total. The molecule has 10 heteroatoms. The fourth-order valence-electron chi connectivity index (χ4n) is 2.59. The van der Waals surface area contributed by atoms with Gasteiger partial charge < -0.3 is 10.6 Å². The summed E-state index contributed by atoms with van der Waals surface area (Å²) in [5.41, 5.74) is -0.129. The lowest BCUT2D eigenvalue weighted by atomic mass is 10.3. The predicted octanol–water partition coefficient (Wildman–Crippen LogP) is 1.34. The Bertz CT molecular complexity index is 953. The number of thioether (sulfide) groups is 1. The van der Waals surface area contributed by atoms with Crippen LogP contribution in [0, 0.1) is 5.82 Å². The summed E-state index contributed by atoms with van der Waals surface area (Å²) in [5, 5.41) is 6.87. The molecule has 28 heavy (non-hydrogen) atoms. The monoisotopic (exact) mass is 423 g/mol. The third-order valence-corrected chi connectivity index (χ3v) is 7.12. The average molecular weight is 423 g/mol. The van der Waals surface area contributed by atoms with Crippen molar-refractivity contribution in [3.63, 3.8) is 0 Å². The van der Waals surface area contributed by atoms with Crippen LogP contribution in [0.5, 0.6) is 0 Å². The van der Waals surface area contributed by atoms with Gasteiger partial charge in [0.1, 0.15) is 11.3 Å². The molecule has 2 unspecified atom stereocenters. The van der Waals surface area contributed by atoms with Crippen LogP contribution in [-0.2, 0) is 19.4 Å². The number of benzene rings is 2. The number of anilines is 1. The molecule has 1 saturated heterocycles. The summed E-state index contributed by atoms with van der Waals surface area (Å²) in [6.45, 7) is -0.0552. The molecule has 1 aliphatic heterocycles. The standard InChI is InChI=1S/C18H18FN3O4S2/c19-12-6-8-13(9-7-12)21-16(23)11-27-18-20-10-15(17(24)22-18)28(25,26)14-4-2-1-3-5-14/h1-9,15,18,20H,10-11H2,(H,21,23)(H,22,24). The molecule has 2 atom stereocenters. The van der Waals surface area contributed by atoms with Crippen LogP contribution in [0.4, 0.5) is 10.1 Å². The zero-order valence-corrected chi connectivity index (χ0v) is 16.2. The zero-order chi connectivity index (χ0) is 20.1. The SMILES string of the molecule is O=C(CSC1NCC(S(=O)(=O)c2ccccc2)C(=O)N1)Nc1ccc(F)cc1. The molecular formula is C18H18FN3O4S2. The maximum absolute atomic E-state index is 12.9. The lowest BCUT2D eigenvalue weighted by molar-refractivity contribution is -0.122. The molecule has 148 valence electrons. The highest BCUT2D eigenvalue weighted by Crippen LogP contribution is 2.19. The Hall–Kier alpha value is -2.43. The van der Waals surface area contributed by atoms with Gasteiger partial charge in [-0.1, -0.05) is 18.2 Å². The van der Waals surface area contributed by atoms with Crippen molar-refractivity contribution in [1.82, 2.24) is 10.6 Å².